The summed E-state index contributed by atoms with van der Waals surface area (Å²) in [5.74, 6) is 1.11. The van der Waals surface area contributed by atoms with Crippen LogP contribution >= 0.6 is 11.6 Å². The Morgan fingerprint density at radius 1 is 1.57 bits per heavy atom. The van der Waals surface area contributed by atoms with Gasteiger partial charge in [0.2, 0.25) is 0 Å². The molecule has 0 radical (unpaired) electrons. The van der Waals surface area contributed by atoms with E-state index in [9.17, 15) is 0 Å². The minimum absolute atomic E-state index is 0.153. The van der Waals surface area contributed by atoms with Gasteiger partial charge in [0.05, 0.1) is 6.10 Å². The molecule has 0 amide bonds. The fraction of sp³-hybridized carbons (Fsp3) is 0.545. The Hall–Kier alpha value is -0.600. The van der Waals surface area contributed by atoms with Crippen LogP contribution in [-0.4, -0.2) is 17.5 Å². The monoisotopic (exact) mass is 211 g/mol. The van der Waals surface area contributed by atoms with Gasteiger partial charge in [-0.15, -0.1) is 11.6 Å². The predicted molar refractivity (Wildman–Crippen MR) is 56.5 cm³/mol. The van der Waals surface area contributed by atoms with Gasteiger partial charge in [0.15, 0.2) is 0 Å². The number of halogens is 1. The minimum Gasteiger partial charge on any atom is -0.373 e. The quantitative estimate of drug-likeness (QED) is 0.702. The van der Waals surface area contributed by atoms with E-state index >= 15 is 0 Å². The molecule has 1 aromatic rings. The highest BCUT2D eigenvalue weighted by atomic mass is 35.5. The van der Waals surface area contributed by atoms with Gasteiger partial charge in [0.25, 0.3) is 0 Å². The van der Waals surface area contributed by atoms with Crippen molar-refractivity contribution >= 4 is 11.6 Å². The Morgan fingerprint density at radius 3 is 3.07 bits per heavy atom. The molecular weight excluding hydrogens is 198 g/mol. The molecule has 2 nitrogen and oxygen atoms in total. The van der Waals surface area contributed by atoms with Crippen LogP contribution < -0.4 is 0 Å². The van der Waals surface area contributed by atoms with Crippen molar-refractivity contribution in [3.8, 4) is 0 Å². The molecule has 0 spiro atoms. The third-order valence-corrected chi connectivity index (χ3v) is 3.07. The molecule has 0 aliphatic carbocycles. The van der Waals surface area contributed by atoms with Gasteiger partial charge in [-0.2, -0.15) is 0 Å². The fourth-order valence-electron chi connectivity index (χ4n) is 1.81. The zero-order chi connectivity index (χ0) is 9.97. The highest BCUT2D eigenvalue weighted by Crippen LogP contribution is 2.34. The normalized spacial score (nSPS) is 26.7. The van der Waals surface area contributed by atoms with Crippen molar-refractivity contribution in [2.24, 2.45) is 5.92 Å². The maximum atomic E-state index is 5.88. The highest BCUT2D eigenvalue weighted by molar-refractivity contribution is 6.18. The number of alkyl halides is 1. The van der Waals surface area contributed by atoms with Crippen LogP contribution in [-0.2, 0) is 4.74 Å². The Bertz CT molecular complexity index is 299. The molecule has 1 aliphatic rings. The number of nitrogens with zero attached hydrogens (tertiary/aromatic N) is 1. The summed E-state index contributed by atoms with van der Waals surface area (Å²) in [5, 5.41) is 0. The Balaban J connectivity index is 2.17. The van der Waals surface area contributed by atoms with Crippen LogP contribution in [0.4, 0.5) is 0 Å². The number of aromatic nitrogens is 1. The van der Waals surface area contributed by atoms with Crippen molar-refractivity contribution in [3.63, 3.8) is 0 Å². The molecule has 1 fully saturated rings. The molecule has 14 heavy (non-hydrogen) atoms. The summed E-state index contributed by atoms with van der Waals surface area (Å²) in [7, 11) is 0. The molecule has 0 bridgehead atoms. The van der Waals surface area contributed by atoms with Crippen molar-refractivity contribution in [1.29, 1.82) is 0 Å². The van der Waals surface area contributed by atoms with Crippen molar-refractivity contribution in [2.75, 3.05) is 12.5 Å². The fourth-order valence-corrected chi connectivity index (χ4v) is 2.12. The van der Waals surface area contributed by atoms with E-state index in [1.165, 1.54) is 0 Å². The number of rotatable bonds is 2. The minimum atomic E-state index is 0.153. The predicted octanol–water partition coefficient (Wildman–Crippen LogP) is 2.71. The van der Waals surface area contributed by atoms with Crippen LogP contribution in [0.1, 0.15) is 23.8 Å². The number of ether oxygens (including phenoxy) is 1. The van der Waals surface area contributed by atoms with Crippen LogP contribution in [0.25, 0.3) is 0 Å². The molecule has 1 saturated heterocycles. The second-order valence-corrected chi connectivity index (χ2v) is 4.04. The molecule has 2 rings (SSSR count). The summed E-state index contributed by atoms with van der Waals surface area (Å²) in [6.07, 6.45) is 3.10. The number of hydrogen-bond donors (Lipinski definition) is 0. The van der Waals surface area contributed by atoms with E-state index in [1.807, 2.05) is 19.2 Å². The standard InChI is InChI=1S/C11H14ClNO/c1-8-2-3-10(7-13-8)11-9(6-12)4-5-14-11/h2-3,7,9,11H,4-6H2,1H3. The molecule has 2 atom stereocenters. The highest BCUT2D eigenvalue weighted by Gasteiger charge is 2.28. The van der Waals surface area contributed by atoms with Gasteiger partial charge in [-0.25, -0.2) is 0 Å². The largest absolute Gasteiger partial charge is 0.373 e. The molecule has 0 aromatic carbocycles. The maximum absolute atomic E-state index is 5.88. The zero-order valence-corrected chi connectivity index (χ0v) is 9.00. The lowest BCUT2D eigenvalue weighted by atomic mass is 9.98. The first-order valence-electron chi connectivity index (χ1n) is 4.91. The summed E-state index contributed by atoms with van der Waals surface area (Å²) in [6.45, 7) is 2.80. The molecule has 3 heteroatoms. The van der Waals surface area contributed by atoms with Gasteiger partial charge in [-0.1, -0.05) is 6.07 Å². The van der Waals surface area contributed by atoms with Crippen molar-refractivity contribution < 1.29 is 4.74 Å². The van der Waals surface area contributed by atoms with E-state index in [2.05, 4.69) is 11.1 Å². The van der Waals surface area contributed by atoms with Crippen LogP contribution in [0.5, 0.6) is 0 Å². The molecule has 2 heterocycles. The summed E-state index contributed by atoms with van der Waals surface area (Å²) in [5.41, 5.74) is 2.19. The molecule has 0 saturated carbocycles. The van der Waals surface area contributed by atoms with E-state index in [-0.39, 0.29) is 6.10 Å². The Kier molecular flexibility index (Phi) is 3.04. The number of aryl methyl sites for hydroxylation is 1. The van der Waals surface area contributed by atoms with Gasteiger partial charge in [0.1, 0.15) is 0 Å². The molecular formula is C11H14ClNO. The van der Waals surface area contributed by atoms with E-state index in [1.54, 1.807) is 0 Å². The second-order valence-electron chi connectivity index (χ2n) is 3.73. The van der Waals surface area contributed by atoms with Gasteiger partial charge in [0, 0.05) is 30.3 Å². The van der Waals surface area contributed by atoms with Crippen LogP contribution in [0.3, 0.4) is 0 Å². The first-order chi connectivity index (χ1) is 6.81. The lowest BCUT2D eigenvalue weighted by Crippen LogP contribution is -2.09. The smallest absolute Gasteiger partial charge is 0.0880 e. The first kappa shape index (κ1) is 9.94. The van der Waals surface area contributed by atoms with Crippen molar-refractivity contribution in [1.82, 2.24) is 4.98 Å². The lowest BCUT2D eigenvalue weighted by Gasteiger charge is -2.15. The second kappa shape index (κ2) is 4.28. The molecule has 0 N–H and O–H groups in total. The first-order valence-corrected chi connectivity index (χ1v) is 5.45. The third-order valence-electron chi connectivity index (χ3n) is 2.68. The topological polar surface area (TPSA) is 22.1 Å². The van der Waals surface area contributed by atoms with Gasteiger partial charge in [-0.3, -0.25) is 4.98 Å². The third kappa shape index (κ3) is 1.91. The average molecular weight is 212 g/mol. The summed E-state index contributed by atoms with van der Waals surface area (Å²) >= 11 is 5.88. The summed E-state index contributed by atoms with van der Waals surface area (Å²) < 4.78 is 5.66. The van der Waals surface area contributed by atoms with E-state index < -0.39 is 0 Å². The van der Waals surface area contributed by atoms with Crippen molar-refractivity contribution in [3.05, 3.63) is 29.6 Å². The zero-order valence-electron chi connectivity index (χ0n) is 8.24. The van der Waals surface area contributed by atoms with Gasteiger partial charge >= 0.3 is 0 Å². The summed E-state index contributed by atoms with van der Waals surface area (Å²) in [6, 6.07) is 4.10. The summed E-state index contributed by atoms with van der Waals surface area (Å²) in [4.78, 5) is 4.27. The lowest BCUT2D eigenvalue weighted by molar-refractivity contribution is 0.0949. The maximum Gasteiger partial charge on any atom is 0.0880 e. The van der Waals surface area contributed by atoms with Crippen LogP contribution in [0, 0.1) is 12.8 Å². The van der Waals surface area contributed by atoms with E-state index in [4.69, 9.17) is 16.3 Å². The number of pyridine rings is 1. The molecule has 1 aromatic heterocycles. The van der Waals surface area contributed by atoms with Gasteiger partial charge < -0.3 is 4.74 Å². The van der Waals surface area contributed by atoms with Gasteiger partial charge in [-0.05, 0) is 25.0 Å². The van der Waals surface area contributed by atoms with E-state index in [0.29, 0.717) is 11.8 Å². The average Bonchev–Trinajstić information content (AvgIpc) is 2.67. The Labute approximate surface area is 89.3 Å². The molecule has 76 valence electrons. The SMILES string of the molecule is Cc1ccc(C2OCCC2CCl)cn1. The van der Waals surface area contributed by atoms with Crippen molar-refractivity contribution in [2.45, 2.75) is 19.4 Å². The van der Waals surface area contributed by atoms with E-state index in [0.717, 1.165) is 24.3 Å². The molecule has 1 aliphatic heterocycles. The Morgan fingerprint density at radius 2 is 2.43 bits per heavy atom. The number of hydrogen-bond acceptors (Lipinski definition) is 2. The van der Waals surface area contributed by atoms with Crippen LogP contribution in [0.2, 0.25) is 0 Å². The molecule has 2 unspecified atom stereocenters. The van der Waals surface area contributed by atoms with Crippen LogP contribution in [0.15, 0.2) is 18.3 Å².